The minimum Gasteiger partial charge on any atom is -0.311 e. The van der Waals surface area contributed by atoms with E-state index in [9.17, 15) is 18.4 Å². The maximum Gasteiger partial charge on any atom is 0.327 e. The molecule has 2 aromatic rings. The van der Waals surface area contributed by atoms with Crippen molar-refractivity contribution in [2.24, 2.45) is 5.92 Å². The zero-order valence-corrected chi connectivity index (χ0v) is 19.4. The molecule has 180 valence electrons. The van der Waals surface area contributed by atoms with E-state index in [1.807, 2.05) is 42.5 Å². The fourth-order valence-electron chi connectivity index (χ4n) is 5.00. The fraction of sp³-hybridized carbons (Fsp3) is 0.481. The predicted molar refractivity (Wildman–Crippen MR) is 126 cm³/mol. The van der Waals surface area contributed by atoms with Gasteiger partial charge in [0, 0.05) is 45.6 Å². The molecule has 3 fully saturated rings. The van der Waals surface area contributed by atoms with Gasteiger partial charge in [0.05, 0.1) is 0 Å². The lowest BCUT2D eigenvalue weighted by Crippen LogP contribution is -2.38. The quantitative estimate of drug-likeness (QED) is 0.529. The summed E-state index contributed by atoms with van der Waals surface area (Å²) in [5, 5.41) is 0. The minimum atomic E-state index is -2.53. The van der Waals surface area contributed by atoms with Crippen LogP contribution in [-0.4, -0.2) is 58.7 Å². The molecule has 1 saturated carbocycles. The number of hydrogen-bond donors (Lipinski definition) is 0. The summed E-state index contributed by atoms with van der Waals surface area (Å²) in [5.41, 5.74) is 4.23. The second kappa shape index (κ2) is 9.45. The number of rotatable bonds is 7. The highest BCUT2D eigenvalue weighted by Crippen LogP contribution is 2.30. The summed E-state index contributed by atoms with van der Waals surface area (Å²) >= 11 is 0. The second-order valence-corrected chi connectivity index (χ2v) is 9.97. The molecule has 5 nitrogen and oxygen atoms in total. The van der Waals surface area contributed by atoms with E-state index in [1.54, 1.807) is 4.90 Å². The van der Waals surface area contributed by atoms with Gasteiger partial charge in [0.25, 0.3) is 5.92 Å². The first kappa shape index (κ1) is 23.0. The van der Waals surface area contributed by atoms with E-state index in [4.69, 9.17) is 0 Å². The topological polar surface area (TPSA) is 43.9 Å². The van der Waals surface area contributed by atoms with Gasteiger partial charge in [-0.3, -0.25) is 14.6 Å². The van der Waals surface area contributed by atoms with Gasteiger partial charge >= 0.3 is 6.03 Å². The van der Waals surface area contributed by atoms with Crippen molar-refractivity contribution in [1.82, 2.24) is 14.7 Å². The van der Waals surface area contributed by atoms with E-state index in [0.29, 0.717) is 38.6 Å². The third-order valence-corrected chi connectivity index (χ3v) is 7.38. The van der Waals surface area contributed by atoms with Gasteiger partial charge in [0.2, 0.25) is 5.91 Å². The molecule has 2 aromatic carbocycles. The molecule has 2 saturated heterocycles. The van der Waals surface area contributed by atoms with Crippen LogP contribution in [0.2, 0.25) is 0 Å². The number of carbonyl (C=O) groups excluding carboxylic acids is 2. The summed E-state index contributed by atoms with van der Waals surface area (Å²) in [5.74, 6) is -2.15. The maximum atomic E-state index is 13.4. The molecule has 0 atom stereocenters. The minimum absolute atomic E-state index is 0.0718. The van der Waals surface area contributed by atoms with Gasteiger partial charge < -0.3 is 4.90 Å². The van der Waals surface area contributed by atoms with Crippen molar-refractivity contribution < 1.29 is 18.4 Å². The highest BCUT2D eigenvalue weighted by atomic mass is 19.3. The summed E-state index contributed by atoms with van der Waals surface area (Å²) in [6, 6.07) is 16.1. The Hall–Kier alpha value is -2.80. The number of carbonyl (C=O) groups is 2. The van der Waals surface area contributed by atoms with Crippen molar-refractivity contribution in [3.05, 3.63) is 59.7 Å². The van der Waals surface area contributed by atoms with Crippen LogP contribution in [-0.2, 0) is 17.9 Å². The van der Waals surface area contributed by atoms with Crippen LogP contribution in [0.4, 0.5) is 13.6 Å². The summed E-state index contributed by atoms with van der Waals surface area (Å²) in [6.07, 6.45) is 3.26. The van der Waals surface area contributed by atoms with Gasteiger partial charge in [0.1, 0.15) is 6.54 Å². The number of amides is 3. The molecule has 34 heavy (non-hydrogen) atoms. The molecule has 1 aliphatic carbocycles. The number of piperidine rings is 1. The lowest BCUT2D eigenvalue weighted by molar-refractivity contribution is -0.126. The van der Waals surface area contributed by atoms with Gasteiger partial charge in [-0.25, -0.2) is 13.6 Å². The largest absolute Gasteiger partial charge is 0.327 e. The normalized spacial score (nSPS) is 21.2. The van der Waals surface area contributed by atoms with Crippen molar-refractivity contribution in [2.75, 3.05) is 26.2 Å². The van der Waals surface area contributed by atoms with Crippen molar-refractivity contribution in [1.29, 1.82) is 0 Å². The van der Waals surface area contributed by atoms with Gasteiger partial charge in [-0.05, 0) is 47.1 Å². The smallest absolute Gasteiger partial charge is 0.311 e. The van der Waals surface area contributed by atoms with Crippen molar-refractivity contribution in [3.8, 4) is 11.1 Å². The van der Waals surface area contributed by atoms with Gasteiger partial charge in [0.15, 0.2) is 0 Å². The molecule has 2 aliphatic heterocycles. The molecular formula is C27H31F2N3O2. The summed E-state index contributed by atoms with van der Waals surface area (Å²) < 4.78 is 26.8. The van der Waals surface area contributed by atoms with Crippen LogP contribution in [0, 0.1) is 5.92 Å². The maximum absolute atomic E-state index is 13.4. The Labute approximate surface area is 199 Å². The summed E-state index contributed by atoms with van der Waals surface area (Å²) in [6.45, 7) is 2.64. The van der Waals surface area contributed by atoms with Gasteiger partial charge in [-0.1, -0.05) is 48.9 Å². The average molecular weight is 468 g/mol. The number of benzene rings is 2. The van der Waals surface area contributed by atoms with E-state index in [1.165, 1.54) is 11.3 Å². The Morgan fingerprint density at radius 2 is 1.62 bits per heavy atom. The van der Waals surface area contributed by atoms with Crippen molar-refractivity contribution >= 4 is 11.9 Å². The predicted octanol–water partition coefficient (Wildman–Crippen LogP) is 5.15. The Morgan fingerprint density at radius 1 is 0.882 bits per heavy atom. The van der Waals surface area contributed by atoms with Crippen LogP contribution in [0.3, 0.4) is 0 Å². The first-order chi connectivity index (χ1) is 16.4. The first-order valence-electron chi connectivity index (χ1n) is 12.2. The number of urea groups is 1. The number of likely N-dealkylation sites (tertiary alicyclic amines) is 1. The molecule has 0 aromatic heterocycles. The SMILES string of the molecule is O=C1CN(Cc2ccc(-c3cccc(CN4CCC(F)(F)CC4)c3)cc2)C(=O)N1CC1CCC1. The molecule has 0 N–H and O–H groups in total. The molecule has 0 radical (unpaired) electrons. The molecular weight excluding hydrogens is 436 g/mol. The van der Waals surface area contributed by atoms with E-state index >= 15 is 0 Å². The van der Waals surface area contributed by atoms with Crippen LogP contribution >= 0.6 is 0 Å². The average Bonchev–Trinajstić information content (AvgIpc) is 3.05. The zero-order chi connectivity index (χ0) is 23.7. The fourth-order valence-corrected chi connectivity index (χ4v) is 5.00. The van der Waals surface area contributed by atoms with E-state index in [0.717, 1.165) is 35.1 Å². The molecule has 0 unspecified atom stereocenters. The Morgan fingerprint density at radius 3 is 2.29 bits per heavy atom. The lowest BCUT2D eigenvalue weighted by Gasteiger charge is -2.31. The molecule has 2 heterocycles. The van der Waals surface area contributed by atoms with Crippen LogP contribution in [0.25, 0.3) is 11.1 Å². The molecule has 3 amide bonds. The van der Waals surface area contributed by atoms with Crippen LogP contribution in [0.15, 0.2) is 48.5 Å². The monoisotopic (exact) mass is 467 g/mol. The highest BCUT2D eigenvalue weighted by Gasteiger charge is 2.38. The zero-order valence-electron chi connectivity index (χ0n) is 19.4. The first-order valence-corrected chi connectivity index (χ1v) is 12.2. The summed E-state index contributed by atoms with van der Waals surface area (Å²) in [4.78, 5) is 30.2. The Kier molecular flexibility index (Phi) is 6.38. The van der Waals surface area contributed by atoms with E-state index in [-0.39, 0.29) is 31.3 Å². The van der Waals surface area contributed by atoms with Crippen LogP contribution in [0.5, 0.6) is 0 Å². The van der Waals surface area contributed by atoms with Crippen molar-refractivity contribution in [2.45, 2.75) is 51.1 Å². The highest BCUT2D eigenvalue weighted by molar-refractivity contribution is 6.02. The van der Waals surface area contributed by atoms with Crippen molar-refractivity contribution in [3.63, 3.8) is 0 Å². The molecule has 0 spiro atoms. The third-order valence-electron chi connectivity index (χ3n) is 7.38. The van der Waals surface area contributed by atoms with E-state index in [2.05, 4.69) is 11.0 Å². The van der Waals surface area contributed by atoms with Gasteiger partial charge in [-0.2, -0.15) is 0 Å². The Bertz CT molecular complexity index is 1040. The number of imide groups is 1. The number of alkyl halides is 2. The van der Waals surface area contributed by atoms with Crippen LogP contribution < -0.4 is 0 Å². The Balaban J connectivity index is 1.19. The summed E-state index contributed by atoms with van der Waals surface area (Å²) in [7, 11) is 0. The van der Waals surface area contributed by atoms with Gasteiger partial charge in [-0.15, -0.1) is 0 Å². The van der Waals surface area contributed by atoms with E-state index < -0.39 is 5.92 Å². The number of halogens is 2. The van der Waals surface area contributed by atoms with Crippen LogP contribution in [0.1, 0.15) is 43.2 Å². The number of nitrogens with zero attached hydrogens (tertiary/aromatic N) is 3. The number of hydrogen-bond acceptors (Lipinski definition) is 3. The molecule has 7 heteroatoms. The third kappa shape index (κ3) is 5.14. The lowest BCUT2D eigenvalue weighted by atomic mass is 9.85. The standard InChI is InChI=1S/C27H31F2N3O2/c28-27(29)11-13-30(14-12-27)16-22-5-2-6-24(15-22)23-9-7-21(8-10-23)17-31-19-25(33)32(26(31)34)18-20-3-1-4-20/h2,5-10,15,20H,1,3-4,11-14,16-19H2. The molecule has 5 rings (SSSR count). The molecule has 3 aliphatic rings. The second-order valence-electron chi connectivity index (χ2n) is 9.97. The molecule has 0 bridgehead atoms.